The summed E-state index contributed by atoms with van der Waals surface area (Å²) in [5, 5.41) is 0. The number of hydrogen-bond acceptors (Lipinski definition) is 4. The van der Waals surface area contributed by atoms with Crippen LogP contribution >= 0.6 is 0 Å². The molecule has 1 aliphatic heterocycles. The summed E-state index contributed by atoms with van der Waals surface area (Å²) in [5.41, 5.74) is 2.47. The van der Waals surface area contributed by atoms with E-state index in [9.17, 15) is 13.2 Å². The molecule has 0 bridgehead atoms. The zero-order chi connectivity index (χ0) is 15.9. The minimum Gasteiger partial charge on any atom is -0.314 e. The van der Waals surface area contributed by atoms with E-state index in [0.717, 1.165) is 11.3 Å². The van der Waals surface area contributed by atoms with Crippen LogP contribution in [0.1, 0.15) is 12.5 Å². The SMILES string of the molecule is CC(=O)C1=CN(c2ccc(C)cc2)c2ccccc2S1(=O)=O. The van der Waals surface area contributed by atoms with Gasteiger partial charge in [0, 0.05) is 11.9 Å². The number of rotatable bonds is 2. The molecule has 112 valence electrons. The molecule has 2 aromatic rings. The minimum absolute atomic E-state index is 0.156. The number of allylic oxidation sites excluding steroid dienone is 1. The molecule has 1 heterocycles. The average Bonchev–Trinajstić information content (AvgIpc) is 2.48. The molecule has 0 amide bonds. The number of para-hydroxylation sites is 1. The van der Waals surface area contributed by atoms with Crippen molar-refractivity contribution in [3.8, 4) is 0 Å². The van der Waals surface area contributed by atoms with E-state index in [1.165, 1.54) is 19.2 Å². The van der Waals surface area contributed by atoms with Crippen molar-refractivity contribution in [3.63, 3.8) is 0 Å². The number of hydrogen-bond donors (Lipinski definition) is 0. The number of ketones is 1. The lowest BCUT2D eigenvalue weighted by Crippen LogP contribution is -2.24. The van der Waals surface area contributed by atoms with Gasteiger partial charge < -0.3 is 4.90 Å². The second kappa shape index (κ2) is 5.10. The second-order valence-corrected chi connectivity index (χ2v) is 7.11. The molecule has 0 saturated carbocycles. The zero-order valence-electron chi connectivity index (χ0n) is 12.3. The summed E-state index contributed by atoms with van der Waals surface area (Å²) in [7, 11) is -3.76. The molecule has 4 nitrogen and oxygen atoms in total. The molecule has 5 heteroatoms. The number of aryl methyl sites for hydroxylation is 1. The summed E-state index contributed by atoms with van der Waals surface area (Å²) in [6.07, 6.45) is 1.41. The summed E-state index contributed by atoms with van der Waals surface area (Å²) in [4.78, 5) is 13.5. The monoisotopic (exact) mass is 313 g/mol. The second-order valence-electron chi connectivity index (χ2n) is 5.23. The molecule has 0 saturated heterocycles. The topological polar surface area (TPSA) is 54.5 Å². The van der Waals surface area contributed by atoms with Gasteiger partial charge in [0.15, 0.2) is 5.78 Å². The summed E-state index contributed by atoms with van der Waals surface area (Å²) in [5.74, 6) is -0.466. The molecule has 0 N–H and O–H groups in total. The van der Waals surface area contributed by atoms with Crippen molar-refractivity contribution in [2.24, 2.45) is 0 Å². The third-order valence-electron chi connectivity index (χ3n) is 3.61. The first-order valence-electron chi connectivity index (χ1n) is 6.84. The molecule has 0 unspecified atom stereocenters. The van der Waals surface area contributed by atoms with Crippen molar-refractivity contribution < 1.29 is 13.2 Å². The van der Waals surface area contributed by atoms with Gasteiger partial charge in [-0.05, 0) is 38.1 Å². The quantitative estimate of drug-likeness (QED) is 0.853. The van der Waals surface area contributed by atoms with E-state index in [1.54, 1.807) is 23.1 Å². The van der Waals surface area contributed by atoms with Crippen LogP contribution in [0.2, 0.25) is 0 Å². The van der Waals surface area contributed by atoms with Crippen molar-refractivity contribution in [2.75, 3.05) is 4.90 Å². The number of Topliss-reactive ketones (excluding diaryl/α,β-unsaturated/α-hetero) is 1. The highest BCUT2D eigenvalue weighted by Gasteiger charge is 2.33. The minimum atomic E-state index is -3.76. The van der Waals surface area contributed by atoms with Gasteiger partial charge in [-0.15, -0.1) is 0 Å². The van der Waals surface area contributed by atoms with Crippen LogP contribution in [0.4, 0.5) is 11.4 Å². The van der Waals surface area contributed by atoms with E-state index in [4.69, 9.17) is 0 Å². The number of sulfone groups is 1. The Labute approximate surface area is 129 Å². The number of carbonyl (C=O) groups is 1. The Kier molecular flexibility index (Phi) is 3.37. The largest absolute Gasteiger partial charge is 0.314 e. The zero-order valence-corrected chi connectivity index (χ0v) is 13.1. The number of anilines is 2. The molecule has 0 fully saturated rings. The Morgan fingerprint density at radius 2 is 1.64 bits per heavy atom. The van der Waals surface area contributed by atoms with Gasteiger partial charge in [0.25, 0.3) is 0 Å². The lowest BCUT2D eigenvalue weighted by molar-refractivity contribution is -0.113. The van der Waals surface area contributed by atoms with E-state index >= 15 is 0 Å². The van der Waals surface area contributed by atoms with Gasteiger partial charge in [-0.25, -0.2) is 8.42 Å². The van der Waals surface area contributed by atoms with Gasteiger partial charge in [-0.2, -0.15) is 0 Å². The molecule has 1 aliphatic rings. The fourth-order valence-electron chi connectivity index (χ4n) is 2.46. The summed E-state index contributed by atoms with van der Waals surface area (Å²) in [6.45, 7) is 3.25. The van der Waals surface area contributed by atoms with Crippen molar-refractivity contribution in [1.82, 2.24) is 0 Å². The van der Waals surface area contributed by atoms with Crippen LogP contribution in [-0.4, -0.2) is 14.2 Å². The van der Waals surface area contributed by atoms with Gasteiger partial charge in [-0.1, -0.05) is 29.8 Å². The van der Waals surface area contributed by atoms with Gasteiger partial charge in [0.2, 0.25) is 9.84 Å². The Morgan fingerprint density at radius 3 is 2.27 bits per heavy atom. The van der Waals surface area contributed by atoms with Crippen LogP contribution in [-0.2, 0) is 14.6 Å². The van der Waals surface area contributed by atoms with E-state index < -0.39 is 15.6 Å². The summed E-state index contributed by atoms with van der Waals surface area (Å²) >= 11 is 0. The van der Waals surface area contributed by atoms with Crippen molar-refractivity contribution in [2.45, 2.75) is 18.7 Å². The first-order valence-corrected chi connectivity index (χ1v) is 8.32. The number of benzene rings is 2. The Bertz CT molecular complexity index is 880. The van der Waals surface area contributed by atoms with Crippen LogP contribution in [0.15, 0.2) is 64.5 Å². The van der Waals surface area contributed by atoms with Gasteiger partial charge in [0.1, 0.15) is 4.91 Å². The third-order valence-corrected chi connectivity index (χ3v) is 5.51. The number of nitrogens with zero attached hydrogens (tertiary/aromatic N) is 1. The van der Waals surface area contributed by atoms with Crippen LogP contribution in [0, 0.1) is 6.92 Å². The predicted molar refractivity (Wildman–Crippen MR) is 85.7 cm³/mol. The van der Waals surface area contributed by atoms with Crippen LogP contribution < -0.4 is 4.90 Å². The lowest BCUT2D eigenvalue weighted by Gasteiger charge is -2.28. The maximum Gasteiger partial charge on any atom is 0.213 e. The molecular weight excluding hydrogens is 298 g/mol. The highest BCUT2D eigenvalue weighted by Crippen LogP contribution is 2.39. The molecule has 0 aromatic heterocycles. The molecule has 0 atom stereocenters. The third kappa shape index (κ3) is 2.23. The highest BCUT2D eigenvalue weighted by atomic mass is 32.2. The molecular formula is C17H15NO3S. The van der Waals surface area contributed by atoms with Gasteiger partial charge in [-0.3, -0.25) is 4.79 Å². The smallest absolute Gasteiger partial charge is 0.213 e. The molecule has 0 aliphatic carbocycles. The fraction of sp³-hybridized carbons (Fsp3) is 0.118. The predicted octanol–water partition coefficient (Wildman–Crippen LogP) is 3.35. The Balaban J connectivity index is 2.27. The Morgan fingerprint density at radius 1 is 1.00 bits per heavy atom. The van der Waals surface area contributed by atoms with Gasteiger partial charge in [0.05, 0.1) is 10.6 Å². The van der Waals surface area contributed by atoms with E-state index in [2.05, 4.69) is 0 Å². The lowest BCUT2D eigenvalue weighted by atomic mass is 10.2. The number of fused-ring (bicyclic) bond motifs is 1. The van der Waals surface area contributed by atoms with E-state index in [1.807, 2.05) is 31.2 Å². The van der Waals surface area contributed by atoms with Crippen LogP contribution in [0.3, 0.4) is 0 Å². The molecule has 22 heavy (non-hydrogen) atoms. The highest BCUT2D eigenvalue weighted by molar-refractivity contribution is 7.96. The number of carbonyl (C=O) groups excluding carboxylic acids is 1. The fourth-order valence-corrected chi connectivity index (χ4v) is 4.02. The van der Waals surface area contributed by atoms with Crippen molar-refractivity contribution in [1.29, 1.82) is 0 Å². The van der Waals surface area contributed by atoms with E-state index in [-0.39, 0.29) is 9.80 Å². The molecule has 2 aromatic carbocycles. The van der Waals surface area contributed by atoms with Crippen LogP contribution in [0.25, 0.3) is 0 Å². The normalized spacial score (nSPS) is 15.9. The average molecular weight is 313 g/mol. The molecule has 0 radical (unpaired) electrons. The first kappa shape index (κ1) is 14.5. The first-order chi connectivity index (χ1) is 10.4. The van der Waals surface area contributed by atoms with Crippen molar-refractivity contribution in [3.05, 3.63) is 65.2 Å². The maximum absolute atomic E-state index is 12.6. The summed E-state index contributed by atoms with van der Waals surface area (Å²) < 4.78 is 25.1. The Hall–Kier alpha value is -2.40. The molecule has 3 rings (SSSR count). The molecule has 0 spiro atoms. The van der Waals surface area contributed by atoms with E-state index in [0.29, 0.717) is 5.69 Å². The van der Waals surface area contributed by atoms with Gasteiger partial charge >= 0.3 is 0 Å². The summed E-state index contributed by atoms with van der Waals surface area (Å²) in [6, 6.07) is 14.4. The van der Waals surface area contributed by atoms with Crippen LogP contribution in [0.5, 0.6) is 0 Å². The van der Waals surface area contributed by atoms with Crippen molar-refractivity contribution >= 4 is 27.0 Å². The maximum atomic E-state index is 12.6. The standard InChI is InChI=1S/C17H15NO3S/c1-12-7-9-14(10-8-12)18-11-17(13(2)19)22(20,21)16-6-4-3-5-15(16)18/h3-11H,1-2H3.